The summed E-state index contributed by atoms with van der Waals surface area (Å²) < 4.78 is 0. The first-order valence-electron chi connectivity index (χ1n) is 10.3. The molecule has 6 atom stereocenters. The summed E-state index contributed by atoms with van der Waals surface area (Å²) in [6.07, 6.45) is 14.5. The van der Waals surface area contributed by atoms with Crippen LogP contribution in [0.25, 0.3) is 0 Å². The Labute approximate surface area is 155 Å². The van der Waals surface area contributed by atoms with Gasteiger partial charge in [-0.2, -0.15) is 10.2 Å². The third-order valence-electron chi connectivity index (χ3n) is 7.08. The van der Waals surface area contributed by atoms with Crippen molar-refractivity contribution in [2.24, 2.45) is 45.7 Å². The predicted octanol–water partition coefficient (Wildman–Crippen LogP) is 2.84. The quantitative estimate of drug-likeness (QED) is 0.542. The van der Waals surface area contributed by atoms with Crippen molar-refractivity contribution in [3.05, 3.63) is 0 Å². The second-order valence-electron chi connectivity index (χ2n) is 8.80. The number of carbonyl (C=O) groups excluding carboxylic acids is 2. The highest BCUT2D eigenvalue weighted by Gasteiger charge is 2.39. The SMILES string of the molecule is O=C(CCC(=O)N/N=C\[C@H]1C[C@H]2CC[C@H]1C2)N/N=C\[C@@H]1C[C@H]2CC[C@H]1C2. The Balaban J connectivity index is 1.09. The van der Waals surface area contributed by atoms with E-state index in [1.165, 1.54) is 51.4 Å². The van der Waals surface area contributed by atoms with Gasteiger partial charge in [0, 0.05) is 25.3 Å². The molecule has 0 saturated heterocycles. The maximum absolute atomic E-state index is 11.8. The summed E-state index contributed by atoms with van der Waals surface area (Å²) in [6.45, 7) is 0. The fourth-order valence-electron chi connectivity index (χ4n) is 5.70. The molecule has 6 nitrogen and oxygen atoms in total. The molecule has 4 aliphatic carbocycles. The largest absolute Gasteiger partial charge is 0.273 e. The Morgan fingerprint density at radius 1 is 0.731 bits per heavy atom. The van der Waals surface area contributed by atoms with Crippen LogP contribution in [0, 0.1) is 35.5 Å². The zero-order chi connectivity index (χ0) is 17.9. The van der Waals surface area contributed by atoms with E-state index in [-0.39, 0.29) is 24.7 Å². The molecule has 4 aliphatic rings. The smallest absolute Gasteiger partial charge is 0.240 e. The monoisotopic (exact) mass is 358 g/mol. The number of hydrogen-bond donors (Lipinski definition) is 2. The normalized spacial score (nSPS) is 37.8. The van der Waals surface area contributed by atoms with E-state index in [9.17, 15) is 9.59 Å². The molecule has 0 spiro atoms. The minimum atomic E-state index is -0.211. The molecule has 0 radical (unpaired) electrons. The van der Waals surface area contributed by atoms with E-state index < -0.39 is 0 Å². The van der Waals surface area contributed by atoms with Crippen LogP contribution in [0.1, 0.15) is 64.2 Å². The van der Waals surface area contributed by atoms with Gasteiger partial charge in [-0.05, 0) is 74.0 Å². The number of amides is 2. The van der Waals surface area contributed by atoms with E-state index in [0.717, 1.165) is 23.7 Å². The van der Waals surface area contributed by atoms with Crippen LogP contribution in [0.4, 0.5) is 0 Å². The molecule has 2 amide bonds. The van der Waals surface area contributed by atoms with Crippen molar-refractivity contribution in [1.82, 2.24) is 10.9 Å². The van der Waals surface area contributed by atoms with Gasteiger partial charge in [-0.25, -0.2) is 10.9 Å². The zero-order valence-electron chi connectivity index (χ0n) is 15.4. The van der Waals surface area contributed by atoms with Crippen LogP contribution in [0.5, 0.6) is 0 Å². The van der Waals surface area contributed by atoms with Crippen molar-refractivity contribution in [2.75, 3.05) is 0 Å². The topological polar surface area (TPSA) is 82.9 Å². The zero-order valence-corrected chi connectivity index (χ0v) is 15.4. The van der Waals surface area contributed by atoms with Gasteiger partial charge in [-0.15, -0.1) is 0 Å². The Kier molecular flexibility index (Phi) is 5.36. The van der Waals surface area contributed by atoms with Crippen LogP contribution in [0.2, 0.25) is 0 Å². The number of fused-ring (bicyclic) bond motifs is 4. The van der Waals surface area contributed by atoms with Crippen LogP contribution >= 0.6 is 0 Å². The number of nitrogens with zero attached hydrogens (tertiary/aromatic N) is 2. The first kappa shape index (κ1) is 17.7. The second kappa shape index (κ2) is 7.89. The lowest BCUT2D eigenvalue weighted by Crippen LogP contribution is -2.24. The fraction of sp³-hybridized carbons (Fsp3) is 0.800. The minimum absolute atomic E-state index is 0.142. The Bertz CT molecular complexity index is 551. The van der Waals surface area contributed by atoms with Gasteiger partial charge in [0.05, 0.1) is 0 Å². The molecule has 26 heavy (non-hydrogen) atoms. The number of carbonyl (C=O) groups is 2. The van der Waals surface area contributed by atoms with Crippen LogP contribution < -0.4 is 10.9 Å². The van der Waals surface area contributed by atoms with Crippen LogP contribution in [0.15, 0.2) is 10.2 Å². The molecule has 0 aromatic rings. The van der Waals surface area contributed by atoms with Crippen molar-refractivity contribution in [3.8, 4) is 0 Å². The number of rotatable bonds is 7. The lowest BCUT2D eigenvalue weighted by atomic mass is 9.90. The summed E-state index contributed by atoms with van der Waals surface area (Å²) in [5.41, 5.74) is 5.11. The average molecular weight is 358 g/mol. The molecule has 0 aromatic heterocycles. The second-order valence-corrected chi connectivity index (χ2v) is 8.80. The van der Waals surface area contributed by atoms with Crippen molar-refractivity contribution in [1.29, 1.82) is 0 Å². The number of hydrogen-bond acceptors (Lipinski definition) is 4. The molecule has 4 fully saturated rings. The Morgan fingerprint density at radius 2 is 1.19 bits per heavy atom. The number of nitrogens with one attached hydrogen (secondary N) is 2. The molecule has 4 saturated carbocycles. The van der Waals surface area contributed by atoms with Gasteiger partial charge in [0.2, 0.25) is 11.8 Å². The maximum Gasteiger partial charge on any atom is 0.240 e. The van der Waals surface area contributed by atoms with Crippen molar-refractivity contribution in [3.63, 3.8) is 0 Å². The summed E-state index contributed by atoms with van der Waals surface area (Å²) in [5, 5.41) is 8.20. The Hall–Kier alpha value is -1.72. The fourth-order valence-corrected chi connectivity index (χ4v) is 5.70. The molecule has 4 rings (SSSR count). The van der Waals surface area contributed by atoms with Gasteiger partial charge in [0.1, 0.15) is 0 Å². The van der Waals surface area contributed by atoms with Gasteiger partial charge in [-0.1, -0.05) is 12.8 Å². The highest BCUT2D eigenvalue weighted by atomic mass is 16.2. The molecule has 4 bridgehead atoms. The third-order valence-corrected chi connectivity index (χ3v) is 7.08. The van der Waals surface area contributed by atoms with E-state index >= 15 is 0 Å². The van der Waals surface area contributed by atoms with Gasteiger partial charge in [0.25, 0.3) is 0 Å². The summed E-state index contributed by atoms with van der Waals surface area (Å²) in [5.74, 6) is 3.90. The summed E-state index contributed by atoms with van der Waals surface area (Å²) in [6, 6.07) is 0. The van der Waals surface area contributed by atoms with Crippen molar-refractivity contribution >= 4 is 24.2 Å². The van der Waals surface area contributed by atoms with E-state index in [1.807, 2.05) is 12.4 Å². The van der Waals surface area contributed by atoms with Gasteiger partial charge < -0.3 is 0 Å². The number of hydrazone groups is 2. The van der Waals surface area contributed by atoms with Gasteiger partial charge in [-0.3, -0.25) is 9.59 Å². The molecule has 0 unspecified atom stereocenters. The lowest BCUT2D eigenvalue weighted by Gasteiger charge is -2.16. The third kappa shape index (κ3) is 4.15. The molecular weight excluding hydrogens is 328 g/mol. The van der Waals surface area contributed by atoms with Crippen LogP contribution in [0.3, 0.4) is 0 Å². The van der Waals surface area contributed by atoms with Crippen molar-refractivity contribution in [2.45, 2.75) is 64.2 Å². The molecule has 142 valence electrons. The van der Waals surface area contributed by atoms with Crippen LogP contribution in [-0.4, -0.2) is 24.2 Å². The summed E-state index contributed by atoms with van der Waals surface area (Å²) >= 11 is 0. The first-order chi connectivity index (χ1) is 12.7. The predicted molar refractivity (Wildman–Crippen MR) is 100 cm³/mol. The molecule has 0 aromatic carbocycles. The lowest BCUT2D eigenvalue weighted by molar-refractivity contribution is -0.126. The molecule has 0 heterocycles. The standard InChI is InChI=1S/C20H30N4O2/c25-19(23-21-11-17-9-13-1-3-15(17)7-13)5-6-20(26)24-22-12-18-10-14-2-4-16(18)8-14/h11-18H,1-10H2,(H,23,25)(H,24,26)/b21-11-,22-12-/t13-,14-,15-,16-,17-,18+/m0/s1. The molecule has 0 aliphatic heterocycles. The molecular formula is C20H30N4O2. The maximum atomic E-state index is 11.8. The highest BCUT2D eigenvalue weighted by molar-refractivity contribution is 5.84. The van der Waals surface area contributed by atoms with E-state index in [1.54, 1.807) is 0 Å². The average Bonchev–Trinajstić information content (AvgIpc) is 3.41. The van der Waals surface area contributed by atoms with E-state index in [4.69, 9.17) is 0 Å². The summed E-state index contributed by atoms with van der Waals surface area (Å²) in [4.78, 5) is 23.6. The van der Waals surface area contributed by atoms with E-state index in [0.29, 0.717) is 11.8 Å². The van der Waals surface area contributed by atoms with Gasteiger partial charge in [0.15, 0.2) is 0 Å². The molecule has 6 heteroatoms. The summed E-state index contributed by atoms with van der Waals surface area (Å²) in [7, 11) is 0. The Morgan fingerprint density at radius 3 is 1.54 bits per heavy atom. The first-order valence-corrected chi connectivity index (χ1v) is 10.3. The van der Waals surface area contributed by atoms with Gasteiger partial charge >= 0.3 is 0 Å². The highest BCUT2D eigenvalue weighted by Crippen LogP contribution is 2.48. The van der Waals surface area contributed by atoms with Crippen molar-refractivity contribution < 1.29 is 9.59 Å². The minimum Gasteiger partial charge on any atom is -0.273 e. The van der Waals surface area contributed by atoms with Crippen LogP contribution in [-0.2, 0) is 9.59 Å². The van der Waals surface area contributed by atoms with E-state index in [2.05, 4.69) is 21.1 Å². The molecule has 2 N–H and O–H groups in total.